The van der Waals surface area contributed by atoms with Crippen molar-refractivity contribution in [2.45, 2.75) is 6.92 Å². The highest BCUT2D eigenvalue weighted by atomic mass is 79.9. The van der Waals surface area contributed by atoms with Crippen LogP contribution in [0.4, 0.5) is 5.82 Å². The molecule has 0 saturated heterocycles. The normalized spacial score (nSPS) is 10.6. The van der Waals surface area contributed by atoms with Crippen molar-refractivity contribution in [2.75, 3.05) is 12.4 Å². The molecule has 0 aliphatic rings. The van der Waals surface area contributed by atoms with Crippen molar-refractivity contribution in [1.82, 2.24) is 9.97 Å². The van der Waals surface area contributed by atoms with E-state index in [-0.39, 0.29) is 0 Å². The maximum atomic E-state index is 5.63. The fourth-order valence-electron chi connectivity index (χ4n) is 2.06. The summed E-state index contributed by atoms with van der Waals surface area (Å²) in [6.45, 7) is 1.90. The van der Waals surface area contributed by atoms with E-state index in [1.54, 1.807) is 0 Å². The first-order chi connectivity index (χ1) is 10.2. The highest BCUT2D eigenvalue weighted by Crippen LogP contribution is 2.33. The quantitative estimate of drug-likeness (QED) is 0.759. The fourth-order valence-corrected chi connectivity index (χ4v) is 2.67. The third kappa shape index (κ3) is 2.69. The van der Waals surface area contributed by atoms with E-state index in [1.807, 2.05) is 56.4 Å². The van der Waals surface area contributed by atoms with E-state index < -0.39 is 0 Å². The van der Waals surface area contributed by atoms with Crippen LogP contribution in [0.1, 0.15) is 5.76 Å². The second-order valence-corrected chi connectivity index (χ2v) is 5.38. The van der Waals surface area contributed by atoms with Crippen LogP contribution >= 0.6 is 15.9 Å². The van der Waals surface area contributed by atoms with Crippen LogP contribution in [0.3, 0.4) is 0 Å². The molecular formula is C16H14BrN3O. The third-order valence-electron chi connectivity index (χ3n) is 3.10. The average molecular weight is 344 g/mol. The zero-order chi connectivity index (χ0) is 14.8. The monoisotopic (exact) mass is 343 g/mol. The van der Waals surface area contributed by atoms with E-state index in [0.29, 0.717) is 11.6 Å². The van der Waals surface area contributed by atoms with E-state index >= 15 is 0 Å². The van der Waals surface area contributed by atoms with Crippen molar-refractivity contribution >= 4 is 21.7 Å². The van der Waals surface area contributed by atoms with Gasteiger partial charge in [0.05, 0.1) is 10.2 Å². The highest BCUT2D eigenvalue weighted by Gasteiger charge is 2.15. The SMILES string of the molecule is CNc1nc(-c2ccc(C)o2)nc(-c2ccccc2)c1Br. The van der Waals surface area contributed by atoms with Gasteiger partial charge in [-0.25, -0.2) is 9.97 Å². The molecule has 0 unspecified atom stereocenters. The Hall–Kier alpha value is -2.14. The number of nitrogens with one attached hydrogen (secondary N) is 1. The van der Waals surface area contributed by atoms with Crippen molar-refractivity contribution in [1.29, 1.82) is 0 Å². The van der Waals surface area contributed by atoms with Crippen LogP contribution in [0.2, 0.25) is 0 Å². The largest absolute Gasteiger partial charge is 0.458 e. The number of rotatable bonds is 3. The number of anilines is 1. The Morgan fingerprint density at radius 1 is 1.05 bits per heavy atom. The van der Waals surface area contributed by atoms with E-state index in [4.69, 9.17) is 4.42 Å². The Balaban J connectivity index is 2.20. The number of aromatic nitrogens is 2. The summed E-state index contributed by atoms with van der Waals surface area (Å²) in [6.07, 6.45) is 0. The summed E-state index contributed by atoms with van der Waals surface area (Å²) in [6, 6.07) is 13.8. The Morgan fingerprint density at radius 2 is 1.81 bits per heavy atom. The van der Waals surface area contributed by atoms with Crippen LogP contribution in [0.5, 0.6) is 0 Å². The molecule has 0 radical (unpaired) electrons. The summed E-state index contributed by atoms with van der Waals surface area (Å²) < 4.78 is 6.47. The molecule has 2 aromatic heterocycles. The second kappa shape index (κ2) is 5.69. The summed E-state index contributed by atoms with van der Waals surface area (Å²) in [4.78, 5) is 9.14. The standard InChI is InChI=1S/C16H14BrN3O/c1-10-8-9-12(21-10)15-19-14(11-6-4-3-5-7-11)13(17)16(18-2)20-15/h3-9H,1-2H3,(H,18,19,20). The molecule has 0 saturated carbocycles. The Kier molecular flexibility index (Phi) is 3.75. The van der Waals surface area contributed by atoms with Gasteiger partial charge in [-0.1, -0.05) is 30.3 Å². The maximum Gasteiger partial charge on any atom is 0.198 e. The van der Waals surface area contributed by atoms with Gasteiger partial charge in [-0.2, -0.15) is 0 Å². The van der Waals surface area contributed by atoms with Crippen molar-refractivity contribution in [3.05, 3.63) is 52.7 Å². The lowest BCUT2D eigenvalue weighted by atomic mass is 10.1. The minimum absolute atomic E-state index is 0.564. The summed E-state index contributed by atoms with van der Waals surface area (Å²) in [5.41, 5.74) is 1.85. The van der Waals surface area contributed by atoms with Gasteiger partial charge in [0.15, 0.2) is 11.6 Å². The Morgan fingerprint density at radius 3 is 2.43 bits per heavy atom. The first-order valence-corrected chi connectivity index (χ1v) is 7.36. The smallest absolute Gasteiger partial charge is 0.198 e. The second-order valence-electron chi connectivity index (χ2n) is 4.58. The van der Waals surface area contributed by atoms with Gasteiger partial charge in [0.2, 0.25) is 0 Å². The lowest BCUT2D eigenvalue weighted by Gasteiger charge is -2.10. The third-order valence-corrected chi connectivity index (χ3v) is 3.85. The van der Waals surface area contributed by atoms with Crippen molar-refractivity contribution < 1.29 is 4.42 Å². The number of halogens is 1. The molecule has 106 valence electrons. The first kappa shape index (κ1) is 13.8. The van der Waals surface area contributed by atoms with Gasteiger partial charge in [-0.15, -0.1) is 0 Å². The van der Waals surface area contributed by atoms with Crippen LogP contribution in [-0.2, 0) is 0 Å². The molecule has 0 fully saturated rings. The van der Waals surface area contributed by atoms with Gasteiger partial charge in [0, 0.05) is 12.6 Å². The number of hydrogen-bond donors (Lipinski definition) is 1. The average Bonchev–Trinajstić information content (AvgIpc) is 2.95. The van der Waals surface area contributed by atoms with Gasteiger partial charge in [-0.05, 0) is 35.0 Å². The predicted octanol–water partition coefficient (Wildman–Crippen LogP) is 4.52. The Bertz CT molecular complexity index is 768. The van der Waals surface area contributed by atoms with Crippen molar-refractivity contribution in [3.8, 4) is 22.8 Å². The summed E-state index contributed by atoms with van der Waals surface area (Å²) in [7, 11) is 1.83. The van der Waals surface area contributed by atoms with E-state index in [2.05, 4.69) is 31.2 Å². The van der Waals surface area contributed by atoms with E-state index in [9.17, 15) is 0 Å². The molecule has 0 bridgehead atoms. The molecule has 2 heterocycles. The lowest BCUT2D eigenvalue weighted by Crippen LogP contribution is -2.00. The summed E-state index contributed by atoms with van der Waals surface area (Å²) >= 11 is 3.57. The van der Waals surface area contributed by atoms with Crippen molar-refractivity contribution in [2.24, 2.45) is 0 Å². The van der Waals surface area contributed by atoms with Crippen LogP contribution in [-0.4, -0.2) is 17.0 Å². The van der Waals surface area contributed by atoms with Gasteiger partial charge in [0.25, 0.3) is 0 Å². The van der Waals surface area contributed by atoms with Crippen LogP contribution in [0.15, 0.2) is 51.4 Å². The van der Waals surface area contributed by atoms with Gasteiger partial charge < -0.3 is 9.73 Å². The van der Waals surface area contributed by atoms with Crippen LogP contribution < -0.4 is 5.32 Å². The number of aryl methyl sites for hydroxylation is 1. The zero-order valence-electron chi connectivity index (χ0n) is 11.7. The lowest BCUT2D eigenvalue weighted by molar-refractivity contribution is 0.544. The highest BCUT2D eigenvalue weighted by molar-refractivity contribution is 9.10. The molecule has 0 aliphatic carbocycles. The Labute approximate surface area is 131 Å². The summed E-state index contributed by atoms with van der Waals surface area (Å²) in [5, 5.41) is 3.08. The van der Waals surface area contributed by atoms with Gasteiger partial charge in [-0.3, -0.25) is 0 Å². The van der Waals surface area contributed by atoms with Crippen LogP contribution in [0, 0.1) is 6.92 Å². The summed E-state index contributed by atoms with van der Waals surface area (Å²) in [5.74, 6) is 2.79. The molecule has 0 aliphatic heterocycles. The van der Waals surface area contributed by atoms with E-state index in [1.165, 1.54) is 0 Å². The molecule has 0 amide bonds. The molecule has 21 heavy (non-hydrogen) atoms. The van der Waals surface area contributed by atoms with E-state index in [0.717, 1.165) is 27.3 Å². The molecule has 3 aromatic rings. The topological polar surface area (TPSA) is 51.0 Å². The molecule has 4 nitrogen and oxygen atoms in total. The molecule has 1 aromatic carbocycles. The van der Waals surface area contributed by atoms with Gasteiger partial charge in [0.1, 0.15) is 11.6 Å². The number of nitrogens with zero attached hydrogens (tertiary/aromatic N) is 2. The molecular weight excluding hydrogens is 330 g/mol. The van der Waals surface area contributed by atoms with Crippen LogP contribution in [0.25, 0.3) is 22.8 Å². The van der Waals surface area contributed by atoms with Crippen molar-refractivity contribution in [3.63, 3.8) is 0 Å². The maximum absolute atomic E-state index is 5.63. The number of hydrogen-bond acceptors (Lipinski definition) is 4. The number of furan rings is 1. The minimum Gasteiger partial charge on any atom is -0.458 e. The molecule has 0 spiro atoms. The molecule has 0 atom stereocenters. The zero-order valence-corrected chi connectivity index (χ0v) is 13.3. The molecule has 3 rings (SSSR count). The predicted molar refractivity (Wildman–Crippen MR) is 87.2 cm³/mol. The molecule has 5 heteroatoms. The first-order valence-electron chi connectivity index (χ1n) is 6.56. The number of benzene rings is 1. The fraction of sp³-hybridized carbons (Fsp3) is 0.125. The van der Waals surface area contributed by atoms with Gasteiger partial charge >= 0.3 is 0 Å². The minimum atomic E-state index is 0.564. The molecule has 1 N–H and O–H groups in total.